The zero-order valence-corrected chi connectivity index (χ0v) is 19.0. The first-order valence-corrected chi connectivity index (χ1v) is 9.78. The summed E-state index contributed by atoms with van der Waals surface area (Å²) in [5.74, 6) is -2.04. The van der Waals surface area contributed by atoms with Gasteiger partial charge in [-0.1, -0.05) is 35.9 Å². The van der Waals surface area contributed by atoms with E-state index >= 15 is 0 Å². The average molecular weight is 509 g/mol. The van der Waals surface area contributed by atoms with E-state index < -0.39 is 51.9 Å². The summed E-state index contributed by atoms with van der Waals surface area (Å²) in [5, 5.41) is -0.569. The third kappa shape index (κ3) is 5.48. The van der Waals surface area contributed by atoms with Crippen LogP contribution in [-0.4, -0.2) is 33.3 Å². The Morgan fingerprint density at radius 3 is 2.27 bits per heavy atom. The largest absolute Gasteiger partial charge is 0.459 e. The number of hydrogen-bond donors (Lipinski definition) is 0. The second-order valence-electron chi connectivity index (χ2n) is 7.11. The summed E-state index contributed by atoms with van der Waals surface area (Å²) in [6.45, 7) is 5.75. The van der Waals surface area contributed by atoms with Gasteiger partial charge in [0, 0.05) is 13.1 Å². The Kier molecular flexibility index (Phi) is 7.49. The Morgan fingerprint density at radius 1 is 1.12 bits per heavy atom. The van der Waals surface area contributed by atoms with Gasteiger partial charge in [-0.15, -0.1) is 0 Å². The molecular weight excluding hydrogens is 492 g/mol. The zero-order valence-electron chi connectivity index (χ0n) is 17.5. The van der Waals surface area contributed by atoms with Gasteiger partial charge in [-0.3, -0.25) is 9.36 Å². The summed E-state index contributed by atoms with van der Waals surface area (Å²) in [6.07, 6.45) is -3.66. The first kappa shape index (κ1) is 26.2. The van der Waals surface area contributed by atoms with Crippen LogP contribution in [0.1, 0.15) is 29.9 Å². The normalized spacial score (nSPS) is 11.8. The van der Waals surface area contributed by atoms with E-state index in [9.17, 15) is 32.3 Å². The predicted molar refractivity (Wildman–Crippen MR) is 113 cm³/mol. The van der Waals surface area contributed by atoms with Gasteiger partial charge in [-0.05, 0) is 26.0 Å². The molecule has 2 aromatic rings. The van der Waals surface area contributed by atoms with E-state index in [-0.39, 0.29) is 27.3 Å². The maximum absolute atomic E-state index is 13.1. The number of carbonyl (C=O) groups excluding carboxylic acids is 2. The van der Waals surface area contributed by atoms with E-state index in [2.05, 4.69) is 6.58 Å². The quantitative estimate of drug-likeness (QED) is 0.437. The van der Waals surface area contributed by atoms with Gasteiger partial charge in [0.05, 0.1) is 21.3 Å². The maximum atomic E-state index is 13.1. The Balaban J connectivity index is 2.59. The topological polar surface area (TPSA) is 96.6 Å². The summed E-state index contributed by atoms with van der Waals surface area (Å²) in [7, 11) is 0.817. The molecule has 0 amide bonds. The molecule has 0 atom stereocenters. The smallest absolute Gasteiger partial charge is 0.431 e. The number of carbonyl (C=O) groups is 2. The second kappa shape index (κ2) is 9.44. The number of hydrogen-bond acceptors (Lipinski definition) is 6. The second-order valence-corrected chi connectivity index (χ2v) is 7.93. The van der Waals surface area contributed by atoms with Crippen molar-refractivity contribution in [2.45, 2.75) is 25.6 Å². The summed E-state index contributed by atoms with van der Waals surface area (Å²) in [5.41, 5.74) is -6.77. The summed E-state index contributed by atoms with van der Waals surface area (Å²) < 4.78 is 49.8. The van der Waals surface area contributed by atoms with Crippen LogP contribution >= 0.6 is 23.2 Å². The van der Waals surface area contributed by atoms with Crippen molar-refractivity contribution < 1.29 is 32.2 Å². The van der Waals surface area contributed by atoms with Gasteiger partial charge in [0.25, 0.3) is 5.56 Å². The molecule has 1 heterocycles. The molecule has 0 unspecified atom stereocenters. The van der Waals surface area contributed by atoms with Crippen LogP contribution in [0.25, 0.3) is 5.69 Å². The van der Waals surface area contributed by atoms with Crippen LogP contribution in [0, 0.1) is 0 Å². The first-order valence-electron chi connectivity index (χ1n) is 9.03. The number of esters is 2. The fourth-order valence-electron chi connectivity index (χ4n) is 2.62. The minimum atomic E-state index is -4.96. The lowest BCUT2D eigenvalue weighted by molar-refractivity contribution is -0.161. The third-order valence-electron chi connectivity index (χ3n) is 4.28. The van der Waals surface area contributed by atoms with E-state index in [4.69, 9.17) is 32.7 Å². The fraction of sp³-hybridized carbons (Fsp3) is 0.300. The van der Waals surface area contributed by atoms with Crippen LogP contribution < -0.4 is 11.2 Å². The molecular formula is C20H17Cl2F3N2O6. The lowest BCUT2D eigenvalue weighted by Crippen LogP contribution is -2.41. The highest BCUT2D eigenvalue weighted by Gasteiger charge is 2.36. The highest BCUT2D eigenvalue weighted by atomic mass is 35.5. The summed E-state index contributed by atoms with van der Waals surface area (Å²) in [4.78, 5) is 49.7. The van der Waals surface area contributed by atoms with Gasteiger partial charge in [0.2, 0.25) is 5.60 Å². The predicted octanol–water partition coefficient (Wildman–Crippen LogP) is 3.53. The van der Waals surface area contributed by atoms with E-state index in [1.165, 1.54) is 19.9 Å². The molecule has 0 saturated carbocycles. The Bertz CT molecular complexity index is 1250. The van der Waals surface area contributed by atoms with Crippen LogP contribution in [0.15, 0.2) is 40.4 Å². The molecule has 1 aromatic heterocycles. The minimum Gasteiger partial charge on any atom is -0.459 e. The Hall–Kier alpha value is -3.05. The highest BCUT2D eigenvalue weighted by Crippen LogP contribution is 2.30. The van der Waals surface area contributed by atoms with Crippen LogP contribution in [-0.2, 0) is 27.5 Å². The first-order chi connectivity index (χ1) is 15.1. The molecule has 2 rings (SSSR count). The van der Waals surface area contributed by atoms with Crippen LogP contribution in [0.2, 0.25) is 10.0 Å². The SMILES string of the molecule is C=CCOC(=O)C(C)(C)OC(=O)c1cc(-n2c(=O)cc(C(F)(F)F)n(C)c2=O)c(Cl)cc1Cl. The minimum absolute atomic E-state index is 0.133. The standard InChI is InChI=1S/C20H17Cl2F3N2O6/c1-5-6-32-17(30)19(2,3)33-16(29)10-7-13(12(22)8-11(10)21)27-15(28)9-14(20(23,24)25)26(4)18(27)31/h5,7-9H,1,6H2,2-4H3. The molecule has 0 aliphatic rings. The van der Waals surface area contributed by atoms with Crippen molar-refractivity contribution in [1.82, 2.24) is 9.13 Å². The summed E-state index contributed by atoms with van der Waals surface area (Å²) >= 11 is 12.1. The Labute approximate surface area is 194 Å². The zero-order chi connectivity index (χ0) is 25.3. The van der Waals surface area contributed by atoms with Crippen LogP contribution in [0.3, 0.4) is 0 Å². The number of halogens is 5. The molecule has 178 valence electrons. The van der Waals surface area contributed by atoms with Gasteiger partial charge < -0.3 is 9.47 Å². The maximum Gasteiger partial charge on any atom is 0.431 e. The van der Waals surface area contributed by atoms with E-state index in [0.717, 1.165) is 19.2 Å². The lowest BCUT2D eigenvalue weighted by Gasteiger charge is -2.23. The van der Waals surface area contributed by atoms with Gasteiger partial charge in [0.1, 0.15) is 12.3 Å². The molecule has 1 aromatic carbocycles. The molecule has 0 fully saturated rings. The molecule has 13 heteroatoms. The monoisotopic (exact) mass is 508 g/mol. The van der Waals surface area contributed by atoms with E-state index in [0.29, 0.717) is 4.57 Å². The number of nitrogens with zero attached hydrogens (tertiary/aromatic N) is 2. The van der Waals surface area contributed by atoms with Crippen molar-refractivity contribution in [3.8, 4) is 5.69 Å². The molecule has 0 radical (unpaired) electrons. The lowest BCUT2D eigenvalue weighted by atomic mass is 10.1. The number of alkyl halides is 3. The molecule has 0 N–H and O–H groups in total. The van der Waals surface area contributed by atoms with Gasteiger partial charge in [-0.2, -0.15) is 13.2 Å². The fourth-order valence-corrected chi connectivity index (χ4v) is 3.17. The molecule has 0 bridgehead atoms. The van der Waals surface area contributed by atoms with Crippen molar-refractivity contribution in [2.75, 3.05) is 6.61 Å². The molecule has 0 spiro atoms. The van der Waals surface area contributed by atoms with E-state index in [1.807, 2.05) is 0 Å². The summed E-state index contributed by atoms with van der Waals surface area (Å²) in [6, 6.07) is 2.11. The van der Waals surface area contributed by atoms with Gasteiger partial charge in [-0.25, -0.2) is 19.0 Å². The van der Waals surface area contributed by atoms with E-state index in [1.54, 1.807) is 0 Å². The molecule has 33 heavy (non-hydrogen) atoms. The third-order valence-corrected chi connectivity index (χ3v) is 4.90. The highest BCUT2D eigenvalue weighted by molar-refractivity contribution is 6.37. The Morgan fingerprint density at radius 2 is 1.73 bits per heavy atom. The van der Waals surface area contributed by atoms with Crippen molar-refractivity contribution in [2.24, 2.45) is 7.05 Å². The van der Waals surface area contributed by atoms with Gasteiger partial charge in [0.15, 0.2) is 0 Å². The number of benzene rings is 1. The molecule has 0 aliphatic carbocycles. The number of ether oxygens (including phenoxy) is 2. The van der Waals surface area contributed by atoms with Crippen LogP contribution in [0.4, 0.5) is 13.2 Å². The molecule has 0 saturated heterocycles. The van der Waals surface area contributed by atoms with Crippen molar-refractivity contribution in [1.29, 1.82) is 0 Å². The average Bonchev–Trinajstić information content (AvgIpc) is 2.68. The number of rotatable bonds is 6. The number of aromatic nitrogens is 2. The molecule has 8 nitrogen and oxygen atoms in total. The van der Waals surface area contributed by atoms with Crippen molar-refractivity contribution >= 4 is 35.1 Å². The van der Waals surface area contributed by atoms with Crippen molar-refractivity contribution in [3.05, 3.63) is 73.0 Å². The van der Waals surface area contributed by atoms with Crippen LogP contribution in [0.5, 0.6) is 0 Å². The van der Waals surface area contributed by atoms with Crippen molar-refractivity contribution in [3.63, 3.8) is 0 Å². The van der Waals surface area contributed by atoms with Gasteiger partial charge >= 0.3 is 23.8 Å². The molecule has 0 aliphatic heterocycles.